The Labute approximate surface area is 126 Å². The lowest BCUT2D eigenvalue weighted by Crippen LogP contribution is -2.25. The fraction of sp³-hybridized carbons (Fsp3) is 0.467. The smallest absolute Gasteiger partial charge is 0.220 e. The zero-order chi connectivity index (χ0) is 13.8. The Balaban J connectivity index is 0.00000200. The summed E-state index contributed by atoms with van der Waals surface area (Å²) in [6.45, 7) is 6.16. The van der Waals surface area contributed by atoms with Crippen molar-refractivity contribution < 1.29 is 4.42 Å². The van der Waals surface area contributed by atoms with Gasteiger partial charge < -0.3 is 10.2 Å². The molecule has 1 heterocycles. The first kappa shape index (κ1) is 16.7. The summed E-state index contributed by atoms with van der Waals surface area (Å²) in [6.07, 6.45) is 1.42. The van der Waals surface area contributed by atoms with Crippen LogP contribution in [0.5, 0.6) is 0 Å². The van der Waals surface area contributed by atoms with Crippen molar-refractivity contribution in [2.75, 3.05) is 0 Å². The number of hydrogen-bond donors (Lipinski definition) is 1. The second-order valence-corrected chi connectivity index (χ2v) is 5.30. The van der Waals surface area contributed by atoms with E-state index in [9.17, 15) is 0 Å². The molecule has 0 aliphatic rings. The molecule has 2 unspecified atom stereocenters. The summed E-state index contributed by atoms with van der Waals surface area (Å²) in [7, 11) is 0. The monoisotopic (exact) mass is 295 g/mol. The van der Waals surface area contributed by atoms with Crippen LogP contribution in [-0.4, -0.2) is 16.2 Å². The second kappa shape index (κ2) is 7.41. The molecule has 2 aromatic rings. The molecule has 20 heavy (non-hydrogen) atoms. The van der Waals surface area contributed by atoms with E-state index in [2.05, 4.69) is 42.2 Å². The van der Waals surface area contributed by atoms with Crippen molar-refractivity contribution >= 4 is 12.4 Å². The fourth-order valence-electron chi connectivity index (χ4n) is 1.90. The Morgan fingerprint density at radius 3 is 2.55 bits per heavy atom. The summed E-state index contributed by atoms with van der Waals surface area (Å²) in [5, 5.41) is 8.18. The summed E-state index contributed by atoms with van der Waals surface area (Å²) in [6, 6.07) is 8.45. The SMILES string of the molecule is Cc1cccc(Cc2nnc(CC(C)C(C)N)o2)c1.Cl. The molecule has 0 fully saturated rings. The molecule has 2 N–H and O–H groups in total. The molecule has 0 aliphatic heterocycles. The average Bonchev–Trinajstić information content (AvgIpc) is 2.76. The number of nitrogens with zero attached hydrogens (tertiary/aromatic N) is 2. The van der Waals surface area contributed by atoms with Gasteiger partial charge in [-0.3, -0.25) is 0 Å². The summed E-state index contributed by atoms with van der Waals surface area (Å²) in [5.41, 5.74) is 8.27. The maximum atomic E-state index is 5.84. The zero-order valence-corrected chi connectivity index (χ0v) is 13.0. The van der Waals surface area contributed by atoms with E-state index in [1.54, 1.807) is 0 Å². The lowest BCUT2D eigenvalue weighted by atomic mass is 10.0. The first-order valence-corrected chi connectivity index (χ1v) is 6.67. The second-order valence-electron chi connectivity index (χ2n) is 5.30. The highest BCUT2D eigenvalue weighted by Gasteiger charge is 2.13. The Kier molecular flexibility index (Phi) is 6.17. The number of halogens is 1. The van der Waals surface area contributed by atoms with E-state index >= 15 is 0 Å². The lowest BCUT2D eigenvalue weighted by molar-refractivity contribution is 0.394. The standard InChI is InChI=1S/C15H21N3O.ClH/c1-10-5-4-6-13(7-10)9-15-18-17-14(19-15)8-11(2)12(3)16;/h4-7,11-12H,8-9,16H2,1-3H3;1H. The van der Waals surface area contributed by atoms with Crippen LogP contribution in [0.4, 0.5) is 0 Å². The van der Waals surface area contributed by atoms with Crippen LogP contribution >= 0.6 is 12.4 Å². The third-order valence-electron chi connectivity index (χ3n) is 3.34. The molecule has 110 valence electrons. The molecular weight excluding hydrogens is 274 g/mol. The number of benzene rings is 1. The van der Waals surface area contributed by atoms with Crippen molar-refractivity contribution in [3.63, 3.8) is 0 Å². The van der Waals surface area contributed by atoms with Gasteiger partial charge in [0.05, 0.1) is 6.42 Å². The van der Waals surface area contributed by atoms with Gasteiger partial charge in [0, 0.05) is 12.5 Å². The van der Waals surface area contributed by atoms with Gasteiger partial charge in [0.2, 0.25) is 11.8 Å². The predicted octanol–water partition coefficient (Wildman–Crippen LogP) is 2.92. The van der Waals surface area contributed by atoms with Crippen molar-refractivity contribution in [3.05, 3.63) is 47.2 Å². The van der Waals surface area contributed by atoms with Crippen LogP contribution in [0.2, 0.25) is 0 Å². The highest BCUT2D eigenvalue weighted by atomic mass is 35.5. The average molecular weight is 296 g/mol. The first-order chi connectivity index (χ1) is 9.04. The van der Waals surface area contributed by atoms with Crippen molar-refractivity contribution in [1.82, 2.24) is 10.2 Å². The summed E-state index contributed by atoms with van der Waals surface area (Å²) >= 11 is 0. The maximum absolute atomic E-state index is 5.84. The van der Waals surface area contributed by atoms with Gasteiger partial charge in [-0.15, -0.1) is 22.6 Å². The van der Waals surface area contributed by atoms with Crippen LogP contribution in [0.1, 0.15) is 36.8 Å². The summed E-state index contributed by atoms with van der Waals surface area (Å²) in [5.74, 6) is 1.68. The van der Waals surface area contributed by atoms with E-state index in [1.165, 1.54) is 11.1 Å². The van der Waals surface area contributed by atoms with Gasteiger partial charge in [-0.1, -0.05) is 36.8 Å². The van der Waals surface area contributed by atoms with Crippen molar-refractivity contribution in [2.45, 2.75) is 39.7 Å². The number of aromatic nitrogens is 2. The molecule has 1 aromatic carbocycles. The van der Waals surface area contributed by atoms with Gasteiger partial charge in [-0.05, 0) is 25.3 Å². The number of aryl methyl sites for hydroxylation is 1. The minimum atomic E-state index is 0. The quantitative estimate of drug-likeness (QED) is 0.921. The first-order valence-electron chi connectivity index (χ1n) is 6.67. The van der Waals surface area contributed by atoms with Crippen molar-refractivity contribution in [1.29, 1.82) is 0 Å². The van der Waals surface area contributed by atoms with Crippen molar-refractivity contribution in [2.24, 2.45) is 11.7 Å². The number of hydrogen-bond acceptors (Lipinski definition) is 4. The zero-order valence-electron chi connectivity index (χ0n) is 12.2. The van der Waals surface area contributed by atoms with Gasteiger partial charge in [0.25, 0.3) is 0 Å². The Hall–Kier alpha value is -1.39. The van der Waals surface area contributed by atoms with E-state index in [4.69, 9.17) is 10.2 Å². The molecule has 0 aliphatic carbocycles. The van der Waals surface area contributed by atoms with Gasteiger partial charge in [0.15, 0.2) is 0 Å². The Morgan fingerprint density at radius 1 is 1.20 bits per heavy atom. The molecular formula is C15H22ClN3O. The molecule has 2 atom stereocenters. The maximum Gasteiger partial charge on any atom is 0.220 e. The van der Waals surface area contributed by atoms with Crippen LogP contribution < -0.4 is 5.73 Å². The molecule has 0 spiro atoms. The van der Waals surface area contributed by atoms with E-state index in [0.29, 0.717) is 24.1 Å². The van der Waals surface area contributed by atoms with Crippen LogP contribution in [0.15, 0.2) is 28.7 Å². The lowest BCUT2D eigenvalue weighted by Gasteiger charge is -2.12. The molecule has 0 saturated heterocycles. The minimum absolute atomic E-state index is 0. The fourth-order valence-corrected chi connectivity index (χ4v) is 1.90. The topological polar surface area (TPSA) is 64.9 Å². The molecule has 0 saturated carbocycles. The van der Waals surface area contributed by atoms with E-state index in [1.807, 2.05) is 13.0 Å². The van der Waals surface area contributed by atoms with E-state index < -0.39 is 0 Å². The van der Waals surface area contributed by atoms with E-state index in [-0.39, 0.29) is 18.4 Å². The van der Waals surface area contributed by atoms with E-state index in [0.717, 1.165) is 6.42 Å². The molecule has 1 aromatic heterocycles. The molecule has 2 rings (SSSR count). The normalized spacial score (nSPS) is 13.6. The van der Waals surface area contributed by atoms with Gasteiger partial charge in [-0.25, -0.2) is 0 Å². The van der Waals surface area contributed by atoms with Gasteiger partial charge in [0.1, 0.15) is 0 Å². The van der Waals surface area contributed by atoms with Crippen LogP contribution in [0, 0.1) is 12.8 Å². The summed E-state index contributed by atoms with van der Waals surface area (Å²) in [4.78, 5) is 0. The third-order valence-corrected chi connectivity index (χ3v) is 3.34. The van der Waals surface area contributed by atoms with Crippen LogP contribution in [0.25, 0.3) is 0 Å². The third kappa shape index (κ3) is 4.62. The molecule has 0 amide bonds. The number of rotatable bonds is 5. The largest absolute Gasteiger partial charge is 0.425 e. The Morgan fingerprint density at radius 2 is 1.90 bits per heavy atom. The Bertz CT molecular complexity index is 539. The van der Waals surface area contributed by atoms with Gasteiger partial charge in [-0.2, -0.15) is 0 Å². The highest BCUT2D eigenvalue weighted by molar-refractivity contribution is 5.85. The van der Waals surface area contributed by atoms with Crippen LogP contribution in [-0.2, 0) is 12.8 Å². The molecule has 0 radical (unpaired) electrons. The van der Waals surface area contributed by atoms with Crippen molar-refractivity contribution in [3.8, 4) is 0 Å². The number of nitrogens with two attached hydrogens (primary N) is 1. The minimum Gasteiger partial charge on any atom is -0.425 e. The van der Waals surface area contributed by atoms with Crippen LogP contribution in [0.3, 0.4) is 0 Å². The van der Waals surface area contributed by atoms with Gasteiger partial charge >= 0.3 is 0 Å². The molecule has 5 heteroatoms. The molecule has 4 nitrogen and oxygen atoms in total. The highest BCUT2D eigenvalue weighted by Crippen LogP contribution is 2.13. The summed E-state index contributed by atoms with van der Waals surface area (Å²) < 4.78 is 5.67. The molecule has 0 bridgehead atoms. The predicted molar refractivity (Wildman–Crippen MR) is 82.0 cm³/mol.